The quantitative estimate of drug-likeness (QED) is 0.922. The van der Waals surface area contributed by atoms with Crippen LogP contribution in [0.2, 0.25) is 0 Å². The summed E-state index contributed by atoms with van der Waals surface area (Å²) >= 11 is 0. The maximum Gasteiger partial charge on any atom is 0.123 e. The molecule has 2 nitrogen and oxygen atoms in total. The van der Waals surface area contributed by atoms with Gasteiger partial charge in [-0.05, 0) is 60.4 Å². The van der Waals surface area contributed by atoms with Crippen molar-refractivity contribution in [2.45, 2.75) is 26.9 Å². The van der Waals surface area contributed by atoms with Crippen LogP contribution < -0.4 is 10.6 Å². The van der Waals surface area contributed by atoms with E-state index < -0.39 is 0 Å². The molecule has 2 N–H and O–H groups in total. The summed E-state index contributed by atoms with van der Waals surface area (Å²) in [6.07, 6.45) is 0. The summed E-state index contributed by atoms with van der Waals surface area (Å²) < 4.78 is 13.4. The first-order valence-electron chi connectivity index (χ1n) is 6.76. The molecule has 0 bridgehead atoms. The molecule has 2 aromatic rings. The zero-order valence-electron chi connectivity index (χ0n) is 12.3. The summed E-state index contributed by atoms with van der Waals surface area (Å²) in [4.78, 5) is 2.12. The summed E-state index contributed by atoms with van der Waals surface area (Å²) in [5.74, 6) is -0.217. The SMILES string of the molecule is Cc1cc(C)cc(N(C)Cc2cc(F)ccc2CN)c1. The maximum absolute atomic E-state index is 13.4. The van der Waals surface area contributed by atoms with Crippen LogP contribution in [0, 0.1) is 19.7 Å². The fraction of sp³-hybridized carbons (Fsp3) is 0.294. The summed E-state index contributed by atoms with van der Waals surface area (Å²) in [5.41, 5.74) is 11.2. The van der Waals surface area contributed by atoms with E-state index in [0.717, 1.165) is 16.8 Å². The third kappa shape index (κ3) is 3.36. The monoisotopic (exact) mass is 272 g/mol. The number of aryl methyl sites for hydroxylation is 2. The lowest BCUT2D eigenvalue weighted by molar-refractivity contribution is 0.623. The van der Waals surface area contributed by atoms with E-state index in [2.05, 4.69) is 36.9 Å². The Morgan fingerprint density at radius 2 is 1.65 bits per heavy atom. The standard InChI is InChI=1S/C17H21FN2/c1-12-6-13(2)8-17(7-12)20(3)11-15-9-16(18)5-4-14(15)10-19/h4-9H,10-11,19H2,1-3H3. The molecular weight excluding hydrogens is 251 g/mol. The molecule has 0 saturated carbocycles. The smallest absolute Gasteiger partial charge is 0.123 e. The van der Waals surface area contributed by atoms with Crippen LogP contribution in [0.25, 0.3) is 0 Å². The van der Waals surface area contributed by atoms with Gasteiger partial charge in [0.15, 0.2) is 0 Å². The van der Waals surface area contributed by atoms with Crippen LogP contribution in [0.5, 0.6) is 0 Å². The number of anilines is 1. The summed E-state index contributed by atoms with van der Waals surface area (Å²) in [5, 5.41) is 0. The van der Waals surface area contributed by atoms with Crippen LogP contribution in [-0.2, 0) is 13.1 Å². The molecule has 2 rings (SSSR count). The molecule has 20 heavy (non-hydrogen) atoms. The van der Waals surface area contributed by atoms with E-state index in [1.807, 2.05) is 7.05 Å². The van der Waals surface area contributed by atoms with Crippen LogP contribution in [0.15, 0.2) is 36.4 Å². The number of halogens is 1. The van der Waals surface area contributed by atoms with Crippen LogP contribution in [0.1, 0.15) is 22.3 Å². The first-order chi connectivity index (χ1) is 9.49. The molecule has 0 aliphatic carbocycles. The van der Waals surface area contributed by atoms with E-state index in [9.17, 15) is 4.39 Å². The van der Waals surface area contributed by atoms with Crippen molar-refractivity contribution >= 4 is 5.69 Å². The van der Waals surface area contributed by atoms with Gasteiger partial charge in [0, 0.05) is 25.8 Å². The first kappa shape index (κ1) is 14.5. The average Bonchev–Trinajstić information content (AvgIpc) is 2.37. The number of hydrogen-bond acceptors (Lipinski definition) is 2. The lowest BCUT2D eigenvalue weighted by atomic mass is 10.1. The molecule has 0 aliphatic rings. The minimum atomic E-state index is -0.217. The van der Waals surface area contributed by atoms with E-state index in [4.69, 9.17) is 5.73 Å². The Morgan fingerprint density at radius 3 is 2.25 bits per heavy atom. The Bertz CT molecular complexity index is 588. The molecule has 0 radical (unpaired) electrons. The number of nitrogens with zero attached hydrogens (tertiary/aromatic N) is 1. The molecular formula is C17H21FN2. The van der Waals surface area contributed by atoms with Gasteiger partial charge < -0.3 is 10.6 Å². The maximum atomic E-state index is 13.4. The minimum Gasteiger partial charge on any atom is -0.370 e. The van der Waals surface area contributed by atoms with Crippen molar-refractivity contribution in [2.24, 2.45) is 5.73 Å². The van der Waals surface area contributed by atoms with Crippen molar-refractivity contribution in [2.75, 3.05) is 11.9 Å². The fourth-order valence-corrected chi connectivity index (χ4v) is 2.46. The highest BCUT2D eigenvalue weighted by Gasteiger charge is 2.08. The van der Waals surface area contributed by atoms with Gasteiger partial charge in [-0.1, -0.05) is 12.1 Å². The normalized spacial score (nSPS) is 10.7. The van der Waals surface area contributed by atoms with Gasteiger partial charge in [0.25, 0.3) is 0 Å². The van der Waals surface area contributed by atoms with Crippen molar-refractivity contribution in [1.29, 1.82) is 0 Å². The second kappa shape index (κ2) is 6.06. The highest BCUT2D eigenvalue weighted by atomic mass is 19.1. The molecule has 0 amide bonds. The molecule has 0 fully saturated rings. The van der Waals surface area contributed by atoms with Gasteiger partial charge in [-0.2, -0.15) is 0 Å². The lowest BCUT2D eigenvalue weighted by Gasteiger charge is -2.22. The van der Waals surface area contributed by atoms with Gasteiger partial charge >= 0.3 is 0 Å². The van der Waals surface area contributed by atoms with Crippen LogP contribution in [0.3, 0.4) is 0 Å². The van der Waals surface area contributed by atoms with Gasteiger partial charge in [-0.3, -0.25) is 0 Å². The van der Waals surface area contributed by atoms with Gasteiger partial charge in [-0.15, -0.1) is 0 Å². The van der Waals surface area contributed by atoms with Crippen molar-refractivity contribution in [3.8, 4) is 0 Å². The predicted molar refractivity (Wildman–Crippen MR) is 82.3 cm³/mol. The topological polar surface area (TPSA) is 29.3 Å². The zero-order chi connectivity index (χ0) is 14.7. The van der Waals surface area contributed by atoms with Crippen LogP contribution in [-0.4, -0.2) is 7.05 Å². The number of rotatable bonds is 4. The first-order valence-corrected chi connectivity index (χ1v) is 6.76. The molecule has 3 heteroatoms. The van der Waals surface area contributed by atoms with Crippen molar-refractivity contribution in [1.82, 2.24) is 0 Å². The van der Waals surface area contributed by atoms with E-state index in [1.165, 1.54) is 17.2 Å². The van der Waals surface area contributed by atoms with Gasteiger partial charge in [0.1, 0.15) is 5.82 Å². The molecule has 2 aromatic carbocycles. The molecule has 0 heterocycles. The summed E-state index contributed by atoms with van der Waals surface area (Å²) in [6.45, 7) is 5.24. The Kier molecular flexibility index (Phi) is 4.40. The van der Waals surface area contributed by atoms with Crippen molar-refractivity contribution < 1.29 is 4.39 Å². The molecule has 106 valence electrons. The highest BCUT2D eigenvalue weighted by Crippen LogP contribution is 2.21. The second-order valence-corrected chi connectivity index (χ2v) is 5.32. The largest absolute Gasteiger partial charge is 0.370 e. The summed E-state index contributed by atoms with van der Waals surface area (Å²) in [6, 6.07) is 11.2. The predicted octanol–water partition coefficient (Wildman–Crippen LogP) is 3.54. The van der Waals surface area contributed by atoms with E-state index in [0.29, 0.717) is 13.1 Å². The second-order valence-electron chi connectivity index (χ2n) is 5.32. The Morgan fingerprint density at radius 1 is 1.00 bits per heavy atom. The lowest BCUT2D eigenvalue weighted by Crippen LogP contribution is -2.18. The molecule has 0 spiro atoms. The summed E-state index contributed by atoms with van der Waals surface area (Å²) in [7, 11) is 2.01. The molecule has 0 unspecified atom stereocenters. The minimum absolute atomic E-state index is 0.217. The van der Waals surface area contributed by atoms with E-state index >= 15 is 0 Å². The fourth-order valence-electron chi connectivity index (χ4n) is 2.46. The van der Waals surface area contributed by atoms with Gasteiger partial charge in [0.05, 0.1) is 0 Å². The average molecular weight is 272 g/mol. The van der Waals surface area contributed by atoms with Gasteiger partial charge in [0.2, 0.25) is 0 Å². The van der Waals surface area contributed by atoms with E-state index in [1.54, 1.807) is 12.1 Å². The van der Waals surface area contributed by atoms with Crippen LogP contribution >= 0.6 is 0 Å². The third-order valence-corrected chi connectivity index (χ3v) is 3.44. The zero-order valence-corrected chi connectivity index (χ0v) is 12.3. The van der Waals surface area contributed by atoms with E-state index in [-0.39, 0.29) is 5.82 Å². The molecule has 0 atom stereocenters. The number of nitrogens with two attached hydrogens (primary N) is 1. The molecule has 0 saturated heterocycles. The third-order valence-electron chi connectivity index (χ3n) is 3.44. The van der Waals surface area contributed by atoms with Crippen molar-refractivity contribution in [3.63, 3.8) is 0 Å². The van der Waals surface area contributed by atoms with Gasteiger partial charge in [-0.25, -0.2) is 4.39 Å². The van der Waals surface area contributed by atoms with Crippen LogP contribution in [0.4, 0.5) is 10.1 Å². The highest BCUT2D eigenvalue weighted by molar-refractivity contribution is 5.51. The van der Waals surface area contributed by atoms with Crippen molar-refractivity contribution in [3.05, 3.63) is 64.5 Å². The Balaban J connectivity index is 2.27. The molecule has 0 aliphatic heterocycles. The Hall–Kier alpha value is -1.87. The Labute approximate surface area is 120 Å². The number of benzene rings is 2. The molecule has 0 aromatic heterocycles. The number of hydrogen-bond donors (Lipinski definition) is 1.